The van der Waals surface area contributed by atoms with Gasteiger partial charge in [0.25, 0.3) is 0 Å². The average molecular weight is 328 g/mol. The quantitative estimate of drug-likeness (QED) is 0.809. The highest BCUT2D eigenvalue weighted by Crippen LogP contribution is 2.52. The van der Waals surface area contributed by atoms with Gasteiger partial charge in [0.1, 0.15) is 4.75 Å². The number of sulfonamides is 1. The number of hydrogen-bond acceptors (Lipinski definition) is 3. The molecule has 4 aliphatic rings. The minimum absolute atomic E-state index is 0.0422. The topological polar surface area (TPSA) is 66.5 Å². The summed E-state index contributed by atoms with van der Waals surface area (Å²) in [6, 6.07) is 0. The van der Waals surface area contributed by atoms with Crippen LogP contribution in [0.25, 0.3) is 0 Å². The van der Waals surface area contributed by atoms with E-state index in [1.807, 2.05) is 0 Å². The fourth-order valence-electron chi connectivity index (χ4n) is 4.32. The Morgan fingerprint density at radius 1 is 1.09 bits per heavy atom. The molecule has 4 fully saturated rings. The van der Waals surface area contributed by atoms with Gasteiger partial charge < -0.3 is 5.32 Å². The van der Waals surface area contributed by atoms with Crippen LogP contribution >= 0.6 is 0 Å². The van der Waals surface area contributed by atoms with Crippen molar-refractivity contribution in [3.8, 4) is 0 Å². The van der Waals surface area contributed by atoms with E-state index in [9.17, 15) is 13.2 Å². The second-order valence-corrected chi connectivity index (χ2v) is 10.5. The highest BCUT2D eigenvalue weighted by molar-refractivity contribution is 7.90. The molecule has 1 N–H and O–H groups in total. The van der Waals surface area contributed by atoms with Crippen LogP contribution in [0.4, 0.5) is 0 Å². The second-order valence-electron chi connectivity index (χ2n) is 7.91. The smallest absolute Gasteiger partial charge is 0.221 e. The number of carbonyl (C=O) groups is 1. The molecule has 0 atom stereocenters. The van der Waals surface area contributed by atoms with Gasteiger partial charge in [-0.3, -0.25) is 4.79 Å². The Hall–Kier alpha value is -0.620. The number of amides is 1. The van der Waals surface area contributed by atoms with Crippen LogP contribution in [0.15, 0.2) is 0 Å². The molecule has 0 aromatic carbocycles. The summed E-state index contributed by atoms with van der Waals surface area (Å²) in [7, 11) is -0.156. The van der Waals surface area contributed by atoms with Crippen molar-refractivity contribution in [2.75, 3.05) is 20.6 Å². The summed E-state index contributed by atoms with van der Waals surface area (Å²) in [6.07, 6.45) is 9.22. The molecule has 0 heterocycles. The van der Waals surface area contributed by atoms with Crippen LogP contribution in [-0.2, 0) is 14.8 Å². The Kier molecular flexibility index (Phi) is 4.05. The van der Waals surface area contributed by atoms with E-state index in [0.29, 0.717) is 19.3 Å². The Morgan fingerprint density at radius 3 is 2.09 bits per heavy atom. The van der Waals surface area contributed by atoms with E-state index < -0.39 is 14.8 Å². The lowest BCUT2D eigenvalue weighted by atomic mass is 9.59. The molecule has 22 heavy (non-hydrogen) atoms. The molecule has 0 radical (unpaired) electrons. The Bertz CT molecular complexity index is 530. The van der Waals surface area contributed by atoms with Crippen LogP contribution in [0, 0.1) is 11.3 Å². The number of hydrogen-bond donors (Lipinski definition) is 1. The van der Waals surface area contributed by atoms with Crippen LogP contribution in [-0.4, -0.2) is 44.0 Å². The predicted molar refractivity (Wildman–Crippen MR) is 85.8 cm³/mol. The van der Waals surface area contributed by atoms with Crippen molar-refractivity contribution in [1.29, 1.82) is 0 Å². The zero-order valence-electron chi connectivity index (χ0n) is 13.7. The summed E-state index contributed by atoms with van der Waals surface area (Å²) >= 11 is 0. The van der Waals surface area contributed by atoms with Gasteiger partial charge in [-0.15, -0.1) is 0 Å². The van der Waals surface area contributed by atoms with Crippen molar-refractivity contribution in [2.45, 2.75) is 62.5 Å². The molecular weight excluding hydrogens is 300 g/mol. The summed E-state index contributed by atoms with van der Waals surface area (Å²) in [5.74, 6) is 0.936. The number of fused-ring (bicyclic) bond motifs is 3. The molecule has 4 saturated carbocycles. The molecule has 4 aliphatic carbocycles. The second kappa shape index (κ2) is 5.48. The highest BCUT2D eigenvalue weighted by Gasteiger charge is 2.55. The lowest BCUT2D eigenvalue weighted by molar-refractivity contribution is -0.125. The van der Waals surface area contributed by atoms with Gasteiger partial charge in [-0.25, -0.2) is 12.7 Å². The van der Waals surface area contributed by atoms with Gasteiger partial charge in [-0.05, 0) is 62.7 Å². The van der Waals surface area contributed by atoms with Gasteiger partial charge >= 0.3 is 0 Å². The van der Waals surface area contributed by atoms with Crippen LogP contribution in [0.5, 0.6) is 0 Å². The maximum absolute atomic E-state index is 12.3. The molecule has 0 aliphatic heterocycles. The van der Waals surface area contributed by atoms with Crippen molar-refractivity contribution in [1.82, 2.24) is 9.62 Å². The summed E-state index contributed by atoms with van der Waals surface area (Å²) in [4.78, 5) is 12.3. The molecule has 6 heteroatoms. The standard InChI is InChI=1S/C16H28N2O3S/c1-18(2)22(20,21)16(9-10-16)12-17-14(19)11-15-6-3-13(4-7-15)5-8-15/h13H,3-12H2,1-2H3,(H,17,19). The van der Waals surface area contributed by atoms with E-state index in [-0.39, 0.29) is 17.9 Å². The number of nitrogens with zero attached hydrogens (tertiary/aromatic N) is 1. The zero-order valence-corrected chi connectivity index (χ0v) is 14.5. The summed E-state index contributed by atoms with van der Waals surface area (Å²) in [5.41, 5.74) is 0.204. The van der Waals surface area contributed by atoms with Gasteiger partial charge in [0.05, 0.1) is 0 Å². The first-order chi connectivity index (χ1) is 10.3. The normalized spacial score (nSPS) is 33.0. The van der Waals surface area contributed by atoms with Crippen molar-refractivity contribution < 1.29 is 13.2 Å². The minimum atomic E-state index is -3.29. The summed E-state index contributed by atoms with van der Waals surface area (Å²) < 4.78 is 25.2. The third kappa shape index (κ3) is 2.80. The lowest BCUT2D eigenvalue weighted by Gasteiger charge is -2.46. The third-order valence-electron chi connectivity index (χ3n) is 6.23. The minimum Gasteiger partial charge on any atom is -0.354 e. The number of carbonyl (C=O) groups excluding carboxylic acids is 1. The molecular formula is C16H28N2O3S. The van der Waals surface area contributed by atoms with Crippen molar-refractivity contribution in [2.24, 2.45) is 11.3 Å². The Labute approximate surface area is 133 Å². The zero-order chi connectivity index (χ0) is 16.0. The monoisotopic (exact) mass is 328 g/mol. The van der Waals surface area contributed by atoms with Gasteiger partial charge in [0.15, 0.2) is 0 Å². The molecule has 126 valence electrons. The fraction of sp³-hybridized carbons (Fsp3) is 0.938. The Morgan fingerprint density at radius 2 is 1.64 bits per heavy atom. The van der Waals surface area contributed by atoms with E-state index in [0.717, 1.165) is 5.92 Å². The molecule has 0 unspecified atom stereocenters. The molecule has 5 nitrogen and oxygen atoms in total. The number of nitrogens with one attached hydrogen (secondary N) is 1. The molecule has 2 bridgehead atoms. The van der Waals surface area contributed by atoms with E-state index in [1.54, 1.807) is 14.1 Å². The lowest BCUT2D eigenvalue weighted by Crippen LogP contribution is -2.45. The first kappa shape index (κ1) is 16.2. The summed E-state index contributed by atoms with van der Waals surface area (Å²) in [5, 5.41) is 2.93. The Balaban J connectivity index is 1.55. The summed E-state index contributed by atoms with van der Waals surface area (Å²) in [6.45, 7) is 0.269. The average Bonchev–Trinajstić information content (AvgIpc) is 3.28. The first-order valence-corrected chi connectivity index (χ1v) is 9.92. The van der Waals surface area contributed by atoms with Gasteiger partial charge in [0.2, 0.25) is 15.9 Å². The van der Waals surface area contributed by atoms with Crippen molar-refractivity contribution in [3.05, 3.63) is 0 Å². The van der Waals surface area contributed by atoms with E-state index in [2.05, 4.69) is 5.32 Å². The SMILES string of the molecule is CN(C)S(=O)(=O)C1(CNC(=O)CC23CCC(CC2)CC3)CC1. The molecule has 4 rings (SSSR count). The molecule has 0 aromatic heterocycles. The van der Waals surface area contributed by atoms with Crippen LogP contribution in [0.3, 0.4) is 0 Å². The molecule has 0 saturated heterocycles. The van der Waals surface area contributed by atoms with Crippen molar-refractivity contribution in [3.63, 3.8) is 0 Å². The molecule has 0 spiro atoms. The van der Waals surface area contributed by atoms with E-state index in [1.165, 1.54) is 42.8 Å². The van der Waals surface area contributed by atoms with Gasteiger partial charge in [-0.2, -0.15) is 0 Å². The predicted octanol–water partition coefficient (Wildman–Crippen LogP) is 1.89. The fourth-order valence-corrected chi connectivity index (χ4v) is 5.97. The van der Waals surface area contributed by atoms with E-state index in [4.69, 9.17) is 0 Å². The maximum Gasteiger partial charge on any atom is 0.221 e. The maximum atomic E-state index is 12.3. The van der Waals surface area contributed by atoms with Gasteiger partial charge in [-0.1, -0.05) is 0 Å². The third-order valence-corrected chi connectivity index (χ3v) is 8.84. The van der Waals surface area contributed by atoms with Gasteiger partial charge in [0, 0.05) is 27.1 Å². The van der Waals surface area contributed by atoms with E-state index >= 15 is 0 Å². The highest BCUT2D eigenvalue weighted by atomic mass is 32.2. The van der Waals surface area contributed by atoms with Crippen molar-refractivity contribution >= 4 is 15.9 Å². The largest absolute Gasteiger partial charge is 0.354 e. The van der Waals surface area contributed by atoms with Crippen LogP contribution in [0.1, 0.15) is 57.8 Å². The first-order valence-electron chi connectivity index (χ1n) is 8.48. The molecule has 1 amide bonds. The number of rotatable bonds is 6. The van der Waals surface area contributed by atoms with Crippen LogP contribution in [0.2, 0.25) is 0 Å². The van der Waals surface area contributed by atoms with Crippen LogP contribution < -0.4 is 5.32 Å². The molecule has 0 aromatic rings.